The Morgan fingerprint density at radius 1 is 1.09 bits per heavy atom. The maximum Gasteiger partial charge on any atom is 0.0840 e. The fraction of sp³-hybridized carbons (Fsp3) is 0.241. The number of benzene rings is 2. The lowest BCUT2D eigenvalue weighted by atomic mass is 10.0. The van der Waals surface area contributed by atoms with Crippen LogP contribution in [0.4, 0.5) is 0 Å². The smallest absolute Gasteiger partial charge is 0.0840 e. The molecule has 1 heterocycles. The molecule has 0 spiro atoms. The fourth-order valence-electron chi connectivity index (χ4n) is 4.07. The Bertz CT molecular complexity index is 1120. The molecular weight excluding hydrogens is 410 g/mol. The van der Waals surface area contributed by atoms with E-state index < -0.39 is 0 Å². The predicted octanol–water partition coefficient (Wildman–Crippen LogP) is 7.92. The lowest BCUT2D eigenvalue weighted by Gasteiger charge is -2.15. The first kappa shape index (κ1) is 23.9. The van der Waals surface area contributed by atoms with E-state index in [0.717, 1.165) is 17.8 Å². The van der Waals surface area contributed by atoms with Gasteiger partial charge < -0.3 is 9.67 Å². The molecule has 0 atom stereocenters. The van der Waals surface area contributed by atoms with Gasteiger partial charge in [0, 0.05) is 22.7 Å². The number of aliphatic hydroxyl groups is 1. The Labute approximate surface area is 197 Å². The van der Waals surface area contributed by atoms with E-state index in [2.05, 4.69) is 98.7 Å². The van der Waals surface area contributed by atoms with E-state index in [0.29, 0.717) is 5.92 Å². The first-order valence-electron chi connectivity index (χ1n) is 11.1. The monoisotopic (exact) mass is 443 g/mol. The molecule has 0 bridgehead atoms. The molecule has 0 fully saturated rings. The number of hydrogen-bond acceptors (Lipinski definition) is 2. The maximum absolute atomic E-state index is 10.2. The van der Waals surface area contributed by atoms with Crippen LogP contribution < -0.4 is 0 Å². The topological polar surface area (TPSA) is 25.2 Å². The molecular formula is C29H33NOS. The zero-order valence-corrected chi connectivity index (χ0v) is 20.3. The van der Waals surface area contributed by atoms with Crippen molar-refractivity contribution in [3.8, 4) is 11.1 Å². The molecule has 0 unspecified atom stereocenters. The van der Waals surface area contributed by atoms with Gasteiger partial charge in [0.05, 0.1) is 11.6 Å². The molecule has 3 heteroatoms. The van der Waals surface area contributed by atoms with Crippen molar-refractivity contribution in [1.82, 2.24) is 4.57 Å². The Morgan fingerprint density at radius 3 is 2.44 bits per heavy atom. The second-order valence-corrected chi connectivity index (χ2v) is 9.22. The molecule has 166 valence electrons. The van der Waals surface area contributed by atoms with Crippen molar-refractivity contribution in [2.45, 2.75) is 56.7 Å². The number of aromatic nitrogens is 1. The van der Waals surface area contributed by atoms with Gasteiger partial charge in [-0.1, -0.05) is 99.0 Å². The van der Waals surface area contributed by atoms with Crippen LogP contribution in [0.2, 0.25) is 0 Å². The van der Waals surface area contributed by atoms with Crippen molar-refractivity contribution in [3.05, 3.63) is 108 Å². The second-order valence-electron chi connectivity index (χ2n) is 8.15. The molecule has 0 saturated carbocycles. The number of aliphatic hydroxyl groups excluding tert-OH is 1. The molecule has 1 N–H and O–H groups in total. The molecule has 0 aliphatic carbocycles. The van der Waals surface area contributed by atoms with Crippen LogP contribution in [0.1, 0.15) is 43.5 Å². The van der Waals surface area contributed by atoms with Gasteiger partial charge in [0.1, 0.15) is 0 Å². The van der Waals surface area contributed by atoms with Crippen molar-refractivity contribution in [2.24, 2.45) is 0 Å². The van der Waals surface area contributed by atoms with Gasteiger partial charge in [-0.2, -0.15) is 0 Å². The van der Waals surface area contributed by atoms with Crippen LogP contribution in [0.5, 0.6) is 0 Å². The standard InChI is InChI=1S/C29H33NOS/c1-6-12-23(13-7-2)19-30-22(5)27(20-31)28(21(3)4)29(30)32-26-17-11-16-25(18-26)24-14-9-8-10-15-24/h6-18,21,31H,1,19-20H2,2-5H3/b13-7-,23-12+. The normalized spacial score (nSPS) is 12.1. The third kappa shape index (κ3) is 5.35. The highest BCUT2D eigenvalue weighted by atomic mass is 32.2. The molecule has 0 aliphatic heterocycles. The number of rotatable bonds is 9. The van der Waals surface area contributed by atoms with Crippen LogP contribution in [0.3, 0.4) is 0 Å². The van der Waals surface area contributed by atoms with Crippen LogP contribution >= 0.6 is 11.8 Å². The van der Waals surface area contributed by atoms with Crippen LogP contribution in [0.15, 0.2) is 101 Å². The summed E-state index contributed by atoms with van der Waals surface area (Å²) in [6, 6.07) is 19.2. The first-order valence-corrected chi connectivity index (χ1v) is 11.9. The SMILES string of the molecule is C=C/C=C(\C=C/C)Cn1c(C)c(CO)c(C(C)C)c1Sc1cccc(-c2ccccc2)c1. The lowest BCUT2D eigenvalue weighted by Crippen LogP contribution is -2.04. The third-order valence-corrected chi connectivity index (χ3v) is 6.71. The van der Waals surface area contributed by atoms with Crippen LogP contribution in [-0.2, 0) is 13.2 Å². The Hall–Kier alpha value is -2.75. The van der Waals surface area contributed by atoms with Gasteiger partial charge in [0.25, 0.3) is 0 Å². The second kappa shape index (κ2) is 11.2. The van der Waals surface area contributed by atoms with Gasteiger partial charge in [-0.05, 0) is 54.2 Å². The Kier molecular flexibility index (Phi) is 8.38. The first-order chi connectivity index (χ1) is 15.5. The summed E-state index contributed by atoms with van der Waals surface area (Å²) >= 11 is 1.78. The van der Waals surface area contributed by atoms with Gasteiger partial charge in [0.15, 0.2) is 0 Å². The molecule has 2 aromatic carbocycles. The van der Waals surface area contributed by atoms with E-state index in [1.165, 1.54) is 32.2 Å². The Morgan fingerprint density at radius 2 is 1.81 bits per heavy atom. The van der Waals surface area contributed by atoms with Gasteiger partial charge >= 0.3 is 0 Å². The van der Waals surface area contributed by atoms with Crippen LogP contribution in [0.25, 0.3) is 11.1 Å². The van der Waals surface area contributed by atoms with Gasteiger partial charge in [-0.25, -0.2) is 0 Å². The highest BCUT2D eigenvalue weighted by molar-refractivity contribution is 7.99. The molecule has 2 nitrogen and oxygen atoms in total. The minimum atomic E-state index is 0.0497. The molecule has 0 saturated heterocycles. The summed E-state index contributed by atoms with van der Waals surface area (Å²) in [7, 11) is 0. The average molecular weight is 444 g/mol. The van der Waals surface area contributed by atoms with Gasteiger partial charge in [-0.3, -0.25) is 0 Å². The van der Waals surface area contributed by atoms with Crippen molar-refractivity contribution in [2.75, 3.05) is 0 Å². The number of nitrogens with zero attached hydrogens (tertiary/aromatic N) is 1. The van der Waals surface area contributed by atoms with E-state index in [1.807, 2.05) is 19.1 Å². The zero-order valence-electron chi connectivity index (χ0n) is 19.5. The van der Waals surface area contributed by atoms with Crippen molar-refractivity contribution in [1.29, 1.82) is 0 Å². The quantitative estimate of drug-likeness (QED) is 0.340. The zero-order chi connectivity index (χ0) is 23.1. The molecule has 32 heavy (non-hydrogen) atoms. The van der Waals surface area contributed by atoms with Gasteiger partial charge in [0.2, 0.25) is 0 Å². The summed E-state index contributed by atoms with van der Waals surface area (Å²) in [6.45, 7) is 13.2. The van der Waals surface area contributed by atoms with Gasteiger partial charge in [-0.15, -0.1) is 0 Å². The summed E-state index contributed by atoms with van der Waals surface area (Å²) in [5.74, 6) is 0.311. The Balaban J connectivity index is 2.10. The fourth-order valence-corrected chi connectivity index (χ4v) is 5.41. The molecule has 0 aliphatic rings. The summed E-state index contributed by atoms with van der Waals surface area (Å²) in [4.78, 5) is 1.19. The minimum absolute atomic E-state index is 0.0497. The predicted molar refractivity (Wildman–Crippen MR) is 138 cm³/mol. The third-order valence-electron chi connectivity index (χ3n) is 5.59. The molecule has 3 rings (SSSR count). The van der Waals surface area contributed by atoms with Crippen LogP contribution in [-0.4, -0.2) is 9.67 Å². The largest absolute Gasteiger partial charge is 0.392 e. The molecule has 0 amide bonds. The summed E-state index contributed by atoms with van der Waals surface area (Å²) in [5.41, 5.74) is 7.00. The van der Waals surface area contributed by atoms with Crippen molar-refractivity contribution >= 4 is 11.8 Å². The van der Waals surface area contributed by atoms with Crippen molar-refractivity contribution < 1.29 is 5.11 Å². The van der Waals surface area contributed by atoms with Crippen molar-refractivity contribution in [3.63, 3.8) is 0 Å². The summed E-state index contributed by atoms with van der Waals surface area (Å²) in [5, 5.41) is 11.4. The lowest BCUT2D eigenvalue weighted by molar-refractivity contribution is 0.279. The number of allylic oxidation sites excluding steroid dienone is 5. The molecule has 0 radical (unpaired) electrons. The number of hydrogen-bond donors (Lipinski definition) is 1. The highest BCUT2D eigenvalue weighted by Gasteiger charge is 2.23. The van der Waals surface area contributed by atoms with E-state index >= 15 is 0 Å². The average Bonchev–Trinajstić information content (AvgIpc) is 3.05. The van der Waals surface area contributed by atoms with E-state index in [-0.39, 0.29) is 6.61 Å². The van der Waals surface area contributed by atoms with E-state index in [1.54, 1.807) is 11.8 Å². The van der Waals surface area contributed by atoms with E-state index in [4.69, 9.17) is 0 Å². The highest BCUT2D eigenvalue weighted by Crippen LogP contribution is 2.41. The minimum Gasteiger partial charge on any atom is -0.392 e. The summed E-state index contributed by atoms with van der Waals surface area (Å²) < 4.78 is 2.34. The van der Waals surface area contributed by atoms with Crippen LogP contribution in [0, 0.1) is 6.92 Å². The maximum atomic E-state index is 10.2. The van der Waals surface area contributed by atoms with E-state index in [9.17, 15) is 5.11 Å². The summed E-state index contributed by atoms with van der Waals surface area (Å²) in [6.07, 6.45) is 8.07. The molecule has 3 aromatic rings. The molecule has 1 aromatic heterocycles.